The monoisotopic (exact) mass is 232 g/mol. The van der Waals surface area contributed by atoms with E-state index in [9.17, 15) is 4.79 Å². The third-order valence-electron chi connectivity index (χ3n) is 3.25. The van der Waals surface area contributed by atoms with Crippen LogP contribution in [0, 0.1) is 0 Å². The Hall–Kier alpha value is -1.35. The number of amides is 1. The highest BCUT2D eigenvalue weighted by Crippen LogP contribution is 2.20. The molecule has 0 radical (unpaired) electrons. The number of carbonyl (C=O) groups is 1. The van der Waals surface area contributed by atoms with Crippen LogP contribution in [-0.4, -0.2) is 19.0 Å². The van der Waals surface area contributed by atoms with Crippen LogP contribution in [0.5, 0.6) is 0 Å². The van der Waals surface area contributed by atoms with Crippen LogP contribution in [0.2, 0.25) is 0 Å². The van der Waals surface area contributed by atoms with E-state index < -0.39 is 0 Å². The normalized spacial score (nSPS) is 17.0. The maximum absolute atomic E-state index is 11.9. The predicted octanol–water partition coefficient (Wildman–Crippen LogP) is 2.09. The molecule has 0 saturated carbocycles. The minimum atomic E-state index is 0.258. The van der Waals surface area contributed by atoms with Crippen molar-refractivity contribution in [1.29, 1.82) is 0 Å². The Morgan fingerprint density at radius 2 is 1.88 bits per heavy atom. The van der Waals surface area contributed by atoms with Gasteiger partial charge in [0.2, 0.25) is 5.91 Å². The van der Waals surface area contributed by atoms with E-state index in [0.717, 1.165) is 37.9 Å². The number of anilines is 1. The van der Waals surface area contributed by atoms with Crippen LogP contribution in [0.25, 0.3) is 0 Å². The largest absolute Gasteiger partial charge is 0.330 e. The van der Waals surface area contributed by atoms with Gasteiger partial charge in [-0.2, -0.15) is 0 Å². The van der Waals surface area contributed by atoms with Crippen molar-refractivity contribution >= 4 is 11.6 Å². The van der Waals surface area contributed by atoms with Gasteiger partial charge in [-0.15, -0.1) is 0 Å². The lowest BCUT2D eigenvalue weighted by atomic mass is 10.1. The summed E-state index contributed by atoms with van der Waals surface area (Å²) in [5.74, 6) is 0.258. The first-order valence-corrected chi connectivity index (χ1v) is 6.40. The first kappa shape index (κ1) is 12.1. The Morgan fingerprint density at radius 1 is 1.12 bits per heavy atom. The minimum absolute atomic E-state index is 0.258. The van der Waals surface area contributed by atoms with Gasteiger partial charge in [-0.25, -0.2) is 0 Å². The topological polar surface area (TPSA) is 46.3 Å². The predicted molar refractivity (Wildman–Crippen MR) is 70.0 cm³/mol. The van der Waals surface area contributed by atoms with E-state index in [1.165, 1.54) is 5.56 Å². The maximum atomic E-state index is 11.9. The summed E-state index contributed by atoms with van der Waals surface area (Å²) >= 11 is 0. The molecule has 0 bridgehead atoms. The zero-order valence-electron chi connectivity index (χ0n) is 10.2. The quantitative estimate of drug-likeness (QED) is 0.867. The van der Waals surface area contributed by atoms with Crippen LogP contribution in [0.1, 0.15) is 31.2 Å². The molecule has 3 nitrogen and oxygen atoms in total. The smallest absolute Gasteiger partial charge is 0.226 e. The highest BCUT2D eigenvalue weighted by Gasteiger charge is 2.17. The molecule has 0 aliphatic carbocycles. The fourth-order valence-electron chi connectivity index (χ4n) is 2.26. The molecule has 1 aromatic rings. The van der Waals surface area contributed by atoms with Crippen molar-refractivity contribution in [2.45, 2.75) is 32.1 Å². The summed E-state index contributed by atoms with van der Waals surface area (Å²) in [6.07, 6.45) is 4.88. The Morgan fingerprint density at radius 3 is 2.59 bits per heavy atom. The second-order valence-corrected chi connectivity index (χ2v) is 4.56. The highest BCUT2D eigenvalue weighted by atomic mass is 16.2. The summed E-state index contributed by atoms with van der Waals surface area (Å²) in [5.41, 5.74) is 7.78. The molecule has 1 aliphatic rings. The number of hydrogen-bond acceptors (Lipinski definition) is 2. The second kappa shape index (κ2) is 5.82. The Balaban J connectivity index is 2.12. The van der Waals surface area contributed by atoms with Gasteiger partial charge in [-0.3, -0.25) is 4.79 Å². The van der Waals surface area contributed by atoms with Crippen molar-refractivity contribution in [2.24, 2.45) is 5.73 Å². The van der Waals surface area contributed by atoms with Gasteiger partial charge in [-0.1, -0.05) is 18.6 Å². The molecular weight excluding hydrogens is 212 g/mol. The van der Waals surface area contributed by atoms with Crippen LogP contribution in [0.15, 0.2) is 24.3 Å². The summed E-state index contributed by atoms with van der Waals surface area (Å²) in [4.78, 5) is 13.8. The summed E-state index contributed by atoms with van der Waals surface area (Å²) in [5, 5.41) is 0. The van der Waals surface area contributed by atoms with Crippen molar-refractivity contribution in [2.75, 3.05) is 18.0 Å². The summed E-state index contributed by atoms with van der Waals surface area (Å²) in [6, 6.07) is 8.21. The molecule has 3 heteroatoms. The Labute approximate surface area is 103 Å². The zero-order chi connectivity index (χ0) is 12.1. The van der Waals surface area contributed by atoms with E-state index in [1.54, 1.807) is 0 Å². The van der Waals surface area contributed by atoms with E-state index >= 15 is 0 Å². The molecule has 1 aromatic carbocycles. The second-order valence-electron chi connectivity index (χ2n) is 4.56. The van der Waals surface area contributed by atoms with Crippen molar-refractivity contribution in [3.8, 4) is 0 Å². The molecule has 0 aromatic heterocycles. The molecular formula is C14H20N2O. The van der Waals surface area contributed by atoms with Crippen LogP contribution in [-0.2, 0) is 11.2 Å². The number of rotatable bonds is 3. The molecule has 1 fully saturated rings. The van der Waals surface area contributed by atoms with Crippen LogP contribution < -0.4 is 10.6 Å². The third-order valence-corrected chi connectivity index (χ3v) is 3.25. The maximum Gasteiger partial charge on any atom is 0.226 e. The van der Waals surface area contributed by atoms with Crippen LogP contribution in [0.3, 0.4) is 0 Å². The van der Waals surface area contributed by atoms with Gasteiger partial charge in [0.15, 0.2) is 0 Å². The standard InChI is InChI=1S/C14H20N2O/c15-10-9-12-5-7-13(8-6-12)16-11-3-1-2-4-14(16)17/h5-8H,1-4,9-11,15H2. The summed E-state index contributed by atoms with van der Waals surface area (Å²) in [6.45, 7) is 1.52. The molecule has 17 heavy (non-hydrogen) atoms. The number of nitrogens with two attached hydrogens (primary N) is 1. The molecule has 1 amide bonds. The molecule has 0 atom stereocenters. The van der Waals surface area contributed by atoms with E-state index in [2.05, 4.69) is 12.1 Å². The first-order chi connectivity index (χ1) is 8.31. The van der Waals surface area contributed by atoms with Gasteiger partial charge < -0.3 is 10.6 Å². The molecule has 1 heterocycles. The zero-order valence-corrected chi connectivity index (χ0v) is 10.2. The van der Waals surface area contributed by atoms with Gasteiger partial charge in [-0.05, 0) is 43.5 Å². The lowest BCUT2D eigenvalue weighted by Gasteiger charge is -2.20. The Bertz CT molecular complexity index is 372. The van der Waals surface area contributed by atoms with E-state index in [4.69, 9.17) is 5.73 Å². The van der Waals surface area contributed by atoms with Crippen molar-refractivity contribution in [3.63, 3.8) is 0 Å². The summed E-state index contributed by atoms with van der Waals surface area (Å²) < 4.78 is 0. The number of benzene rings is 1. The van der Waals surface area contributed by atoms with E-state index in [-0.39, 0.29) is 5.91 Å². The fraction of sp³-hybridized carbons (Fsp3) is 0.500. The van der Waals surface area contributed by atoms with Crippen LogP contribution in [0.4, 0.5) is 5.69 Å². The average molecular weight is 232 g/mol. The highest BCUT2D eigenvalue weighted by molar-refractivity contribution is 5.93. The van der Waals surface area contributed by atoms with Gasteiger partial charge in [0.25, 0.3) is 0 Å². The minimum Gasteiger partial charge on any atom is -0.330 e. The number of nitrogens with zero attached hydrogens (tertiary/aromatic N) is 1. The van der Waals surface area contributed by atoms with E-state index in [1.807, 2.05) is 17.0 Å². The number of hydrogen-bond donors (Lipinski definition) is 1. The van der Waals surface area contributed by atoms with Gasteiger partial charge in [0, 0.05) is 18.7 Å². The third kappa shape index (κ3) is 3.07. The average Bonchev–Trinajstić information content (AvgIpc) is 2.56. The first-order valence-electron chi connectivity index (χ1n) is 6.40. The SMILES string of the molecule is NCCc1ccc(N2CCCCCC2=O)cc1. The molecule has 2 N–H and O–H groups in total. The van der Waals surface area contributed by atoms with Gasteiger partial charge in [0.05, 0.1) is 0 Å². The molecule has 0 unspecified atom stereocenters. The fourth-order valence-corrected chi connectivity index (χ4v) is 2.26. The molecule has 1 saturated heterocycles. The van der Waals surface area contributed by atoms with Crippen molar-refractivity contribution in [3.05, 3.63) is 29.8 Å². The number of carbonyl (C=O) groups excluding carboxylic acids is 1. The summed E-state index contributed by atoms with van der Waals surface area (Å²) in [7, 11) is 0. The lowest BCUT2D eigenvalue weighted by molar-refractivity contribution is -0.118. The molecule has 0 spiro atoms. The van der Waals surface area contributed by atoms with Crippen molar-refractivity contribution < 1.29 is 4.79 Å². The van der Waals surface area contributed by atoms with Crippen molar-refractivity contribution in [1.82, 2.24) is 0 Å². The molecule has 2 rings (SSSR count). The lowest BCUT2D eigenvalue weighted by Crippen LogP contribution is -2.29. The van der Waals surface area contributed by atoms with E-state index in [0.29, 0.717) is 13.0 Å². The molecule has 1 aliphatic heterocycles. The molecule has 92 valence electrons. The van der Waals surface area contributed by atoms with Crippen LogP contribution >= 0.6 is 0 Å². The van der Waals surface area contributed by atoms with Gasteiger partial charge in [0.1, 0.15) is 0 Å². The Kier molecular flexibility index (Phi) is 4.15. The van der Waals surface area contributed by atoms with Gasteiger partial charge >= 0.3 is 0 Å².